The van der Waals surface area contributed by atoms with Gasteiger partial charge >= 0.3 is 0 Å². The summed E-state index contributed by atoms with van der Waals surface area (Å²) in [6, 6.07) is 13.9. The molecule has 2 N–H and O–H groups in total. The third-order valence-electron chi connectivity index (χ3n) is 3.28. The van der Waals surface area contributed by atoms with E-state index in [0.717, 1.165) is 18.5 Å². The Bertz CT molecular complexity index is 633. The number of rotatable bonds is 6. The molecule has 0 unspecified atom stereocenters. The van der Waals surface area contributed by atoms with Crippen molar-refractivity contribution in [3.63, 3.8) is 0 Å². The first-order chi connectivity index (χ1) is 10.9. The predicted molar refractivity (Wildman–Crippen MR) is 94.7 cm³/mol. The maximum atomic E-state index is 12.2. The molecule has 1 aromatic heterocycles. The third kappa shape index (κ3) is 6.10. The Kier molecular flexibility index (Phi) is 5.74. The van der Waals surface area contributed by atoms with Crippen molar-refractivity contribution in [1.82, 2.24) is 10.3 Å². The standard InChI is InChI=1S/C19H25N3O/c1-19(2,3)22-16-11-13-20-17(14-16)18(23)21-12-7-10-15-8-5-4-6-9-15/h4-6,8-9,11,13-14H,7,10,12H2,1-3H3,(H,20,22)(H,21,23). The van der Waals surface area contributed by atoms with Crippen LogP contribution in [0.1, 0.15) is 43.2 Å². The van der Waals surface area contributed by atoms with Crippen molar-refractivity contribution in [3.05, 3.63) is 59.9 Å². The molecule has 1 amide bonds. The van der Waals surface area contributed by atoms with Crippen molar-refractivity contribution in [1.29, 1.82) is 0 Å². The van der Waals surface area contributed by atoms with Gasteiger partial charge in [-0.05, 0) is 51.3 Å². The highest BCUT2D eigenvalue weighted by molar-refractivity contribution is 5.93. The van der Waals surface area contributed by atoms with Crippen LogP contribution in [0, 0.1) is 0 Å². The summed E-state index contributed by atoms with van der Waals surface area (Å²) in [4.78, 5) is 16.3. The van der Waals surface area contributed by atoms with E-state index >= 15 is 0 Å². The van der Waals surface area contributed by atoms with Crippen molar-refractivity contribution in [2.24, 2.45) is 0 Å². The van der Waals surface area contributed by atoms with Crippen LogP contribution in [-0.2, 0) is 6.42 Å². The average Bonchev–Trinajstić information content (AvgIpc) is 2.51. The van der Waals surface area contributed by atoms with Gasteiger partial charge in [-0.1, -0.05) is 30.3 Å². The Balaban J connectivity index is 1.82. The van der Waals surface area contributed by atoms with Crippen molar-refractivity contribution in [2.45, 2.75) is 39.2 Å². The van der Waals surface area contributed by atoms with E-state index < -0.39 is 0 Å². The lowest BCUT2D eigenvalue weighted by molar-refractivity contribution is 0.0948. The number of amides is 1. The normalized spacial score (nSPS) is 11.1. The largest absolute Gasteiger partial charge is 0.380 e. The number of benzene rings is 1. The van der Waals surface area contributed by atoms with Crippen molar-refractivity contribution < 1.29 is 4.79 Å². The fraction of sp³-hybridized carbons (Fsp3) is 0.368. The van der Waals surface area contributed by atoms with Crippen LogP contribution in [0.5, 0.6) is 0 Å². The fourth-order valence-corrected chi connectivity index (χ4v) is 2.30. The van der Waals surface area contributed by atoms with Gasteiger partial charge in [0, 0.05) is 24.0 Å². The summed E-state index contributed by atoms with van der Waals surface area (Å²) in [6.07, 6.45) is 3.53. The van der Waals surface area contributed by atoms with Gasteiger partial charge in [-0.15, -0.1) is 0 Å². The number of hydrogen-bond acceptors (Lipinski definition) is 3. The van der Waals surface area contributed by atoms with Gasteiger partial charge in [-0.2, -0.15) is 0 Å². The highest BCUT2D eigenvalue weighted by Gasteiger charge is 2.12. The lowest BCUT2D eigenvalue weighted by atomic mass is 10.1. The maximum absolute atomic E-state index is 12.2. The number of carbonyl (C=O) groups excluding carboxylic acids is 1. The quantitative estimate of drug-likeness (QED) is 0.801. The first-order valence-electron chi connectivity index (χ1n) is 8.00. The number of nitrogens with zero attached hydrogens (tertiary/aromatic N) is 1. The number of anilines is 1. The van der Waals surface area contributed by atoms with E-state index in [1.165, 1.54) is 5.56 Å². The molecule has 0 atom stereocenters. The summed E-state index contributed by atoms with van der Waals surface area (Å²) in [7, 11) is 0. The van der Waals surface area contributed by atoms with E-state index in [4.69, 9.17) is 0 Å². The molecular weight excluding hydrogens is 286 g/mol. The maximum Gasteiger partial charge on any atom is 0.269 e. The second kappa shape index (κ2) is 7.77. The monoisotopic (exact) mass is 311 g/mol. The van der Waals surface area contributed by atoms with Gasteiger partial charge in [0.05, 0.1) is 0 Å². The van der Waals surface area contributed by atoms with Crippen LogP contribution in [0.15, 0.2) is 48.7 Å². The van der Waals surface area contributed by atoms with E-state index in [2.05, 4.69) is 48.5 Å². The number of nitrogens with one attached hydrogen (secondary N) is 2. The van der Waals surface area contributed by atoms with Crippen LogP contribution in [0.25, 0.3) is 0 Å². The van der Waals surface area contributed by atoms with Gasteiger partial charge in [0.2, 0.25) is 0 Å². The number of aromatic nitrogens is 1. The molecule has 122 valence electrons. The highest BCUT2D eigenvalue weighted by atomic mass is 16.1. The zero-order valence-corrected chi connectivity index (χ0v) is 14.1. The zero-order valence-electron chi connectivity index (χ0n) is 14.1. The molecule has 1 heterocycles. The Labute approximate surface area is 138 Å². The summed E-state index contributed by atoms with van der Waals surface area (Å²) < 4.78 is 0. The second-order valence-corrected chi connectivity index (χ2v) is 6.65. The Morgan fingerprint density at radius 3 is 2.57 bits per heavy atom. The SMILES string of the molecule is CC(C)(C)Nc1ccnc(C(=O)NCCCc2ccccc2)c1. The van der Waals surface area contributed by atoms with Crippen LogP contribution in [0.3, 0.4) is 0 Å². The molecule has 0 bridgehead atoms. The molecule has 0 aliphatic carbocycles. The third-order valence-corrected chi connectivity index (χ3v) is 3.28. The number of aryl methyl sites for hydroxylation is 1. The molecule has 1 aromatic carbocycles. The number of carbonyl (C=O) groups is 1. The number of pyridine rings is 1. The van der Waals surface area contributed by atoms with Gasteiger partial charge in [0.15, 0.2) is 0 Å². The van der Waals surface area contributed by atoms with Crippen LogP contribution >= 0.6 is 0 Å². The minimum Gasteiger partial charge on any atom is -0.380 e. The lowest BCUT2D eigenvalue weighted by Crippen LogP contribution is -2.28. The number of hydrogen-bond donors (Lipinski definition) is 2. The molecule has 4 heteroatoms. The predicted octanol–water partition coefficient (Wildman–Crippen LogP) is 3.65. The topological polar surface area (TPSA) is 54.0 Å². The van der Waals surface area contributed by atoms with E-state index in [9.17, 15) is 4.79 Å². The summed E-state index contributed by atoms with van der Waals surface area (Å²) in [6.45, 7) is 6.89. The Morgan fingerprint density at radius 2 is 1.87 bits per heavy atom. The molecule has 0 fully saturated rings. The van der Waals surface area contributed by atoms with Gasteiger partial charge in [0.1, 0.15) is 5.69 Å². The minimum absolute atomic E-state index is 0.0508. The molecule has 0 saturated heterocycles. The first kappa shape index (κ1) is 17.0. The fourth-order valence-electron chi connectivity index (χ4n) is 2.30. The van der Waals surface area contributed by atoms with Crippen LogP contribution in [0.4, 0.5) is 5.69 Å². The molecule has 0 radical (unpaired) electrons. The molecule has 0 aliphatic rings. The summed E-state index contributed by atoms with van der Waals surface area (Å²) in [5, 5.41) is 6.28. The Morgan fingerprint density at radius 1 is 1.13 bits per heavy atom. The smallest absolute Gasteiger partial charge is 0.269 e. The highest BCUT2D eigenvalue weighted by Crippen LogP contribution is 2.14. The molecule has 4 nitrogen and oxygen atoms in total. The van der Waals surface area contributed by atoms with Gasteiger partial charge in [-0.25, -0.2) is 0 Å². The molecule has 0 saturated carbocycles. The molecule has 2 aromatic rings. The van der Waals surface area contributed by atoms with Crippen molar-refractivity contribution >= 4 is 11.6 Å². The van der Waals surface area contributed by atoms with Crippen LogP contribution in [-0.4, -0.2) is 23.0 Å². The van der Waals surface area contributed by atoms with E-state index in [1.807, 2.05) is 24.3 Å². The van der Waals surface area contributed by atoms with Crippen molar-refractivity contribution in [3.8, 4) is 0 Å². The van der Waals surface area contributed by atoms with Crippen LogP contribution in [0.2, 0.25) is 0 Å². The summed E-state index contributed by atoms with van der Waals surface area (Å²) in [5.74, 6) is -0.129. The van der Waals surface area contributed by atoms with Crippen molar-refractivity contribution in [2.75, 3.05) is 11.9 Å². The molecular formula is C19H25N3O. The zero-order chi connectivity index (χ0) is 16.7. The second-order valence-electron chi connectivity index (χ2n) is 6.65. The van der Waals surface area contributed by atoms with Gasteiger partial charge in [-0.3, -0.25) is 9.78 Å². The van der Waals surface area contributed by atoms with E-state index in [0.29, 0.717) is 12.2 Å². The lowest BCUT2D eigenvalue weighted by Gasteiger charge is -2.22. The first-order valence-corrected chi connectivity index (χ1v) is 8.00. The Hall–Kier alpha value is -2.36. The van der Waals surface area contributed by atoms with E-state index in [-0.39, 0.29) is 11.4 Å². The molecule has 23 heavy (non-hydrogen) atoms. The summed E-state index contributed by atoms with van der Waals surface area (Å²) >= 11 is 0. The minimum atomic E-state index is -0.129. The summed E-state index contributed by atoms with van der Waals surface area (Å²) in [5.41, 5.74) is 2.59. The van der Waals surface area contributed by atoms with Gasteiger partial charge < -0.3 is 10.6 Å². The van der Waals surface area contributed by atoms with E-state index in [1.54, 1.807) is 12.3 Å². The molecule has 0 aliphatic heterocycles. The molecule has 0 spiro atoms. The van der Waals surface area contributed by atoms with Gasteiger partial charge in [0.25, 0.3) is 5.91 Å². The van der Waals surface area contributed by atoms with Crippen LogP contribution < -0.4 is 10.6 Å². The average molecular weight is 311 g/mol. The molecule has 2 rings (SSSR count).